The van der Waals surface area contributed by atoms with Gasteiger partial charge in [0.2, 0.25) is 0 Å². The third kappa shape index (κ3) is 4.61. The number of hydrogen-bond acceptors (Lipinski definition) is 3. The van der Waals surface area contributed by atoms with Crippen molar-refractivity contribution in [3.05, 3.63) is 58.3 Å². The Morgan fingerprint density at radius 1 is 1.27 bits per heavy atom. The number of H-pyrrole nitrogens is 1. The maximum absolute atomic E-state index is 11.7. The molecule has 1 heterocycles. The summed E-state index contributed by atoms with van der Waals surface area (Å²) in [7, 11) is 0. The Labute approximate surface area is 136 Å². The van der Waals surface area contributed by atoms with Gasteiger partial charge in [-0.1, -0.05) is 23.2 Å². The van der Waals surface area contributed by atoms with E-state index in [1.54, 1.807) is 36.7 Å². The van der Waals surface area contributed by atoms with Crippen molar-refractivity contribution in [3.63, 3.8) is 0 Å². The summed E-state index contributed by atoms with van der Waals surface area (Å²) in [6.45, 7) is -0.249. The Balaban J connectivity index is 1.88. The van der Waals surface area contributed by atoms with Gasteiger partial charge < -0.3 is 10.5 Å². The van der Waals surface area contributed by atoms with Gasteiger partial charge in [-0.15, -0.1) is 0 Å². The highest BCUT2D eigenvalue weighted by Gasteiger charge is 2.06. The van der Waals surface area contributed by atoms with Crippen LogP contribution in [0.3, 0.4) is 0 Å². The predicted molar refractivity (Wildman–Crippen MR) is 83.8 cm³/mol. The van der Waals surface area contributed by atoms with Crippen LogP contribution in [0.4, 0.5) is 0 Å². The molecule has 0 fully saturated rings. The van der Waals surface area contributed by atoms with Gasteiger partial charge in [0.15, 0.2) is 24.8 Å². The molecule has 0 saturated carbocycles. The minimum absolute atomic E-state index is 0.187. The summed E-state index contributed by atoms with van der Waals surface area (Å²) < 4.78 is 5.27. The van der Waals surface area contributed by atoms with Gasteiger partial charge in [-0.2, -0.15) is 5.10 Å². The number of benzene rings is 1. The molecule has 0 atom stereocenters. The second-order valence-electron chi connectivity index (χ2n) is 4.18. The van der Waals surface area contributed by atoms with Gasteiger partial charge in [0, 0.05) is 22.7 Å². The topological polar surface area (TPSA) is 90.8 Å². The minimum Gasteiger partial charge on any atom is -0.482 e. The number of carbonyl (C=O) groups is 1. The zero-order valence-corrected chi connectivity index (χ0v) is 12.9. The summed E-state index contributed by atoms with van der Waals surface area (Å²) in [6.07, 6.45) is 3.40. The zero-order valence-electron chi connectivity index (χ0n) is 11.3. The SMILES string of the molecule is NC(=NNC(=O)COc1ccc(Cl)cc1Cl)c1cc[nH+]cc1. The van der Waals surface area contributed by atoms with Crippen molar-refractivity contribution in [3.8, 4) is 5.75 Å². The van der Waals surface area contributed by atoms with Crippen LogP contribution in [0.15, 0.2) is 47.8 Å². The maximum atomic E-state index is 11.7. The number of rotatable bonds is 5. The highest BCUT2D eigenvalue weighted by Crippen LogP contribution is 2.27. The number of amidine groups is 1. The number of nitrogens with one attached hydrogen (secondary N) is 2. The van der Waals surface area contributed by atoms with Crippen LogP contribution in [-0.4, -0.2) is 18.3 Å². The summed E-state index contributed by atoms with van der Waals surface area (Å²) in [5.41, 5.74) is 8.72. The Morgan fingerprint density at radius 2 is 2.00 bits per heavy atom. The molecule has 0 bridgehead atoms. The van der Waals surface area contributed by atoms with E-state index >= 15 is 0 Å². The first-order valence-electron chi connectivity index (χ1n) is 6.22. The number of hydrazone groups is 1. The molecule has 0 aliphatic rings. The third-order valence-electron chi connectivity index (χ3n) is 2.57. The average Bonchev–Trinajstić information content (AvgIpc) is 2.52. The lowest BCUT2D eigenvalue weighted by atomic mass is 10.2. The third-order valence-corrected chi connectivity index (χ3v) is 3.10. The van der Waals surface area contributed by atoms with Gasteiger partial charge >= 0.3 is 0 Å². The molecular weight excluding hydrogens is 327 g/mol. The van der Waals surface area contributed by atoms with Crippen molar-refractivity contribution >= 4 is 34.9 Å². The molecule has 1 aromatic carbocycles. The first-order valence-corrected chi connectivity index (χ1v) is 6.98. The predicted octanol–water partition coefficient (Wildman–Crippen LogP) is 1.62. The Bertz CT molecular complexity index is 692. The first kappa shape index (κ1) is 16.1. The normalized spacial score (nSPS) is 11.1. The number of amides is 1. The summed E-state index contributed by atoms with van der Waals surface area (Å²) in [5.74, 6) is 0.0834. The van der Waals surface area contributed by atoms with Crippen LogP contribution in [-0.2, 0) is 4.79 Å². The molecule has 22 heavy (non-hydrogen) atoms. The van der Waals surface area contributed by atoms with Crippen molar-refractivity contribution in [2.24, 2.45) is 10.8 Å². The Morgan fingerprint density at radius 3 is 2.68 bits per heavy atom. The van der Waals surface area contributed by atoms with E-state index in [2.05, 4.69) is 15.5 Å². The number of halogens is 2. The molecular formula is C14H13Cl2N4O2+. The van der Waals surface area contributed by atoms with Crippen molar-refractivity contribution in [1.29, 1.82) is 0 Å². The summed E-state index contributed by atoms with van der Waals surface area (Å²) >= 11 is 11.7. The smallest absolute Gasteiger partial charge is 0.278 e. The van der Waals surface area contributed by atoms with Crippen LogP contribution in [0, 0.1) is 0 Å². The van der Waals surface area contributed by atoms with E-state index in [9.17, 15) is 4.79 Å². The highest BCUT2D eigenvalue weighted by molar-refractivity contribution is 6.35. The molecule has 6 nitrogen and oxygen atoms in total. The minimum atomic E-state index is -0.462. The summed E-state index contributed by atoms with van der Waals surface area (Å²) in [4.78, 5) is 14.5. The number of aromatic amines is 1. The molecule has 4 N–H and O–H groups in total. The van der Waals surface area contributed by atoms with Crippen molar-refractivity contribution in [2.75, 3.05) is 6.61 Å². The molecule has 2 rings (SSSR count). The van der Waals surface area contributed by atoms with E-state index < -0.39 is 5.91 Å². The molecule has 0 radical (unpaired) electrons. The molecule has 1 amide bonds. The molecule has 0 spiro atoms. The quantitative estimate of drug-likeness (QED) is 0.492. The number of aromatic nitrogens is 1. The second kappa shape index (κ2) is 7.63. The lowest BCUT2D eigenvalue weighted by molar-refractivity contribution is -0.378. The van der Waals surface area contributed by atoms with Gasteiger partial charge in [-0.3, -0.25) is 4.79 Å². The molecule has 0 saturated heterocycles. The van der Waals surface area contributed by atoms with Crippen LogP contribution in [0.1, 0.15) is 5.56 Å². The lowest BCUT2D eigenvalue weighted by Gasteiger charge is -2.07. The average molecular weight is 340 g/mol. The van der Waals surface area contributed by atoms with Crippen LogP contribution in [0.25, 0.3) is 0 Å². The van der Waals surface area contributed by atoms with Crippen LogP contribution >= 0.6 is 23.2 Å². The van der Waals surface area contributed by atoms with Crippen LogP contribution in [0.2, 0.25) is 10.0 Å². The molecule has 114 valence electrons. The van der Waals surface area contributed by atoms with Crippen molar-refractivity contribution < 1.29 is 14.5 Å². The largest absolute Gasteiger partial charge is 0.482 e. The van der Waals surface area contributed by atoms with Crippen molar-refractivity contribution in [2.45, 2.75) is 0 Å². The second-order valence-corrected chi connectivity index (χ2v) is 5.03. The molecule has 1 aromatic heterocycles. The van der Waals surface area contributed by atoms with Gasteiger partial charge in [0.1, 0.15) is 5.75 Å². The maximum Gasteiger partial charge on any atom is 0.278 e. The van der Waals surface area contributed by atoms with E-state index in [-0.39, 0.29) is 12.4 Å². The van der Waals surface area contributed by atoms with Gasteiger partial charge in [0.25, 0.3) is 5.91 Å². The van der Waals surface area contributed by atoms with Gasteiger partial charge in [-0.05, 0) is 18.2 Å². The van der Waals surface area contributed by atoms with E-state index in [0.717, 1.165) is 0 Å². The standard InChI is InChI=1S/C14H12Cl2N4O2/c15-10-1-2-12(11(16)7-10)22-8-13(21)19-20-14(17)9-3-5-18-6-4-9/h1-7H,8H2,(H2,17,20)(H,19,21)/p+1. The number of nitrogens with two attached hydrogens (primary N) is 1. The Kier molecular flexibility index (Phi) is 5.57. The number of pyridine rings is 1. The van der Waals surface area contributed by atoms with Gasteiger partial charge in [0.05, 0.1) is 5.02 Å². The first-order chi connectivity index (χ1) is 10.6. The number of nitrogens with zero attached hydrogens (tertiary/aromatic N) is 1. The fourth-order valence-electron chi connectivity index (χ4n) is 1.51. The zero-order chi connectivity index (χ0) is 15.9. The lowest BCUT2D eigenvalue weighted by Crippen LogP contribution is -2.28. The van der Waals surface area contributed by atoms with E-state index in [0.29, 0.717) is 21.4 Å². The van der Waals surface area contributed by atoms with Crippen LogP contribution in [0.5, 0.6) is 5.75 Å². The summed E-state index contributed by atoms with van der Waals surface area (Å²) in [5, 5.41) is 4.60. The van der Waals surface area contributed by atoms with E-state index in [1.807, 2.05) is 0 Å². The van der Waals surface area contributed by atoms with Gasteiger partial charge in [-0.25, -0.2) is 10.4 Å². The number of ether oxygens (including phenoxy) is 1. The fraction of sp³-hybridized carbons (Fsp3) is 0.0714. The van der Waals surface area contributed by atoms with Crippen LogP contribution < -0.4 is 20.9 Å². The monoisotopic (exact) mass is 339 g/mol. The van der Waals surface area contributed by atoms with E-state index in [4.69, 9.17) is 33.7 Å². The molecule has 2 aromatic rings. The molecule has 0 aliphatic carbocycles. The van der Waals surface area contributed by atoms with Crippen molar-refractivity contribution in [1.82, 2.24) is 5.43 Å². The molecule has 8 heteroatoms. The summed E-state index contributed by atoms with van der Waals surface area (Å²) in [6, 6.07) is 8.18. The van der Waals surface area contributed by atoms with E-state index in [1.165, 1.54) is 6.07 Å². The fourth-order valence-corrected chi connectivity index (χ4v) is 1.98. The number of hydrogen-bond donors (Lipinski definition) is 2. The molecule has 0 aliphatic heterocycles. The Hall–Kier alpha value is -2.31. The number of carbonyl (C=O) groups excluding carboxylic acids is 1. The highest BCUT2D eigenvalue weighted by atomic mass is 35.5. The molecule has 0 unspecified atom stereocenters.